The van der Waals surface area contributed by atoms with Crippen molar-refractivity contribution < 1.29 is 19.1 Å². The van der Waals surface area contributed by atoms with Crippen molar-refractivity contribution in [1.29, 1.82) is 0 Å². The lowest BCUT2D eigenvalue weighted by Crippen LogP contribution is -2.33. The van der Waals surface area contributed by atoms with E-state index in [1.165, 1.54) is 12.3 Å². The number of nitrogens with zero attached hydrogens (tertiary/aromatic N) is 2. The highest BCUT2D eigenvalue weighted by Crippen LogP contribution is 2.23. The minimum absolute atomic E-state index is 0.0589. The predicted molar refractivity (Wildman–Crippen MR) is 81.5 cm³/mol. The van der Waals surface area contributed by atoms with E-state index in [1.807, 2.05) is 0 Å². The summed E-state index contributed by atoms with van der Waals surface area (Å²) in [5, 5.41) is 0.158. The van der Waals surface area contributed by atoms with E-state index < -0.39 is 24.5 Å². The van der Waals surface area contributed by atoms with E-state index in [0.717, 1.165) is 4.90 Å². The van der Waals surface area contributed by atoms with Gasteiger partial charge in [-0.1, -0.05) is 35.3 Å². The van der Waals surface area contributed by atoms with Crippen LogP contribution in [0.5, 0.6) is 0 Å². The molecule has 0 aliphatic carbocycles. The van der Waals surface area contributed by atoms with E-state index in [0.29, 0.717) is 0 Å². The van der Waals surface area contributed by atoms with E-state index in [9.17, 15) is 14.4 Å². The molecule has 2 aromatic rings. The number of fused-ring (bicyclic) bond motifs is 1. The minimum Gasteiger partial charge on any atom is -0.440 e. The van der Waals surface area contributed by atoms with E-state index in [4.69, 9.17) is 27.9 Å². The van der Waals surface area contributed by atoms with Crippen LogP contribution in [0, 0.1) is 0 Å². The summed E-state index contributed by atoms with van der Waals surface area (Å²) < 4.78 is 4.98. The molecule has 1 aliphatic rings. The van der Waals surface area contributed by atoms with Crippen LogP contribution in [-0.2, 0) is 4.74 Å². The van der Waals surface area contributed by atoms with Crippen LogP contribution < -0.4 is 0 Å². The lowest BCUT2D eigenvalue weighted by molar-refractivity contribution is 0.0228. The first kappa shape index (κ1) is 15.5. The van der Waals surface area contributed by atoms with Crippen molar-refractivity contribution in [3.8, 4) is 0 Å². The monoisotopic (exact) mass is 350 g/mol. The number of imide groups is 1. The molecule has 1 aliphatic heterocycles. The van der Waals surface area contributed by atoms with Gasteiger partial charge in [0.25, 0.3) is 11.8 Å². The van der Waals surface area contributed by atoms with Crippen LogP contribution >= 0.6 is 23.2 Å². The second kappa shape index (κ2) is 5.98. The van der Waals surface area contributed by atoms with E-state index >= 15 is 0 Å². The van der Waals surface area contributed by atoms with Gasteiger partial charge in [0.15, 0.2) is 6.73 Å². The molecule has 0 spiro atoms. The summed E-state index contributed by atoms with van der Waals surface area (Å²) in [5.41, 5.74) is 0.630. The third kappa shape index (κ3) is 2.78. The highest BCUT2D eigenvalue weighted by atomic mass is 35.5. The SMILES string of the molecule is O=C(OCN1C(=O)c2ccccc2C1=O)c1cnc(Cl)c(Cl)c1. The summed E-state index contributed by atoms with van der Waals surface area (Å²) in [6.45, 7) is -0.495. The van der Waals surface area contributed by atoms with Crippen molar-refractivity contribution in [2.45, 2.75) is 0 Å². The van der Waals surface area contributed by atoms with Crippen LogP contribution in [-0.4, -0.2) is 34.4 Å². The number of amides is 2. The highest BCUT2D eigenvalue weighted by molar-refractivity contribution is 6.41. The lowest BCUT2D eigenvalue weighted by atomic mass is 10.1. The number of carbonyl (C=O) groups is 3. The van der Waals surface area contributed by atoms with Crippen LogP contribution in [0.1, 0.15) is 31.1 Å². The zero-order chi connectivity index (χ0) is 16.6. The number of carbonyl (C=O) groups excluding carboxylic acids is 3. The number of esters is 1. The first-order valence-electron chi connectivity index (χ1n) is 6.42. The zero-order valence-corrected chi connectivity index (χ0v) is 13.0. The third-order valence-electron chi connectivity index (χ3n) is 3.23. The number of rotatable bonds is 3. The molecule has 0 N–H and O–H groups in total. The second-order valence-corrected chi connectivity index (χ2v) is 5.41. The van der Waals surface area contributed by atoms with E-state index in [1.54, 1.807) is 24.3 Å². The molecule has 2 heterocycles. The van der Waals surface area contributed by atoms with Gasteiger partial charge in [0.2, 0.25) is 0 Å². The van der Waals surface area contributed by atoms with Crippen molar-refractivity contribution in [2.24, 2.45) is 0 Å². The number of hydrogen-bond acceptors (Lipinski definition) is 5. The molecule has 1 aromatic heterocycles. The Balaban J connectivity index is 1.72. The van der Waals surface area contributed by atoms with Gasteiger partial charge in [-0.25, -0.2) is 14.7 Å². The molecule has 2 amide bonds. The van der Waals surface area contributed by atoms with Gasteiger partial charge < -0.3 is 4.74 Å². The molecular weight excluding hydrogens is 343 g/mol. The van der Waals surface area contributed by atoms with Gasteiger partial charge in [0.05, 0.1) is 21.7 Å². The molecule has 0 saturated heterocycles. The number of ether oxygens (including phenoxy) is 1. The molecule has 0 atom stereocenters. The standard InChI is InChI=1S/C15H8Cl2N2O4/c16-11-5-8(6-18-12(11)17)15(22)23-7-19-13(20)9-3-1-2-4-10(9)14(19)21/h1-6H,7H2. The topological polar surface area (TPSA) is 76.6 Å². The summed E-state index contributed by atoms with van der Waals surface area (Å²) in [4.78, 5) is 40.8. The smallest absolute Gasteiger partial charge is 0.341 e. The van der Waals surface area contributed by atoms with Crippen molar-refractivity contribution in [3.05, 3.63) is 63.4 Å². The first-order chi connectivity index (χ1) is 11.0. The van der Waals surface area contributed by atoms with Gasteiger partial charge in [-0.05, 0) is 18.2 Å². The maximum atomic E-state index is 12.1. The van der Waals surface area contributed by atoms with Gasteiger partial charge >= 0.3 is 5.97 Å². The Morgan fingerprint density at radius 1 is 1.13 bits per heavy atom. The molecular formula is C15H8Cl2N2O4. The largest absolute Gasteiger partial charge is 0.440 e. The quantitative estimate of drug-likeness (QED) is 0.483. The molecule has 0 bridgehead atoms. The molecule has 0 fully saturated rings. The van der Waals surface area contributed by atoms with Crippen LogP contribution in [0.15, 0.2) is 36.5 Å². The molecule has 8 heteroatoms. The normalized spacial score (nSPS) is 13.2. The van der Waals surface area contributed by atoms with E-state index in [2.05, 4.69) is 4.98 Å². The lowest BCUT2D eigenvalue weighted by Gasteiger charge is -2.13. The maximum absolute atomic E-state index is 12.1. The summed E-state index contributed by atoms with van der Waals surface area (Å²) in [5.74, 6) is -1.79. The Morgan fingerprint density at radius 3 is 2.30 bits per heavy atom. The molecule has 3 rings (SSSR count). The Labute approximate surface area is 140 Å². The number of aromatic nitrogens is 1. The summed E-state index contributed by atoms with van der Waals surface area (Å²) >= 11 is 11.4. The fraction of sp³-hybridized carbons (Fsp3) is 0.0667. The number of benzene rings is 1. The first-order valence-corrected chi connectivity index (χ1v) is 7.18. The Kier molecular flexibility index (Phi) is 4.02. The van der Waals surface area contributed by atoms with Crippen molar-refractivity contribution in [1.82, 2.24) is 9.88 Å². The van der Waals surface area contributed by atoms with Gasteiger partial charge in [-0.2, -0.15) is 0 Å². The zero-order valence-electron chi connectivity index (χ0n) is 11.5. The van der Waals surface area contributed by atoms with Crippen LogP contribution in [0.3, 0.4) is 0 Å². The van der Waals surface area contributed by atoms with Gasteiger partial charge in [0, 0.05) is 6.20 Å². The average Bonchev–Trinajstić information content (AvgIpc) is 2.80. The molecule has 23 heavy (non-hydrogen) atoms. The van der Waals surface area contributed by atoms with Crippen LogP contribution in [0.4, 0.5) is 0 Å². The maximum Gasteiger partial charge on any atom is 0.341 e. The molecule has 1 aromatic carbocycles. The van der Waals surface area contributed by atoms with Crippen LogP contribution in [0.2, 0.25) is 10.2 Å². The van der Waals surface area contributed by atoms with Gasteiger partial charge in [-0.3, -0.25) is 9.59 Å². The number of halogens is 2. The molecule has 0 saturated carbocycles. The van der Waals surface area contributed by atoms with Crippen molar-refractivity contribution >= 4 is 41.0 Å². The Hall–Kier alpha value is -2.44. The molecule has 0 unspecified atom stereocenters. The second-order valence-electron chi connectivity index (χ2n) is 4.64. The van der Waals surface area contributed by atoms with E-state index in [-0.39, 0.29) is 26.9 Å². The Morgan fingerprint density at radius 2 is 1.74 bits per heavy atom. The van der Waals surface area contributed by atoms with Gasteiger partial charge in [0.1, 0.15) is 5.15 Å². The summed E-state index contributed by atoms with van der Waals surface area (Å²) in [7, 11) is 0. The predicted octanol–water partition coefficient (Wildman–Crippen LogP) is 2.80. The fourth-order valence-electron chi connectivity index (χ4n) is 2.10. The molecule has 0 radical (unpaired) electrons. The third-order valence-corrected chi connectivity index (χ3v) is 3.92. The minimum atomic E-state index is -0.771. The van der Waals surface area contributed by atoms with Gasteiger partial charge in [-0.15, -0.1) is 0 Å². The molecule has 6 nitrogen and oxygen atoms in total. The van der Waals surface area contributed by atoms with Crippen molar-refractivity contribution in [2.75, 3.05) is 6.73 Å². The van der Waals surface area contributed by atoms with Crippen LogP contribution in [0.25, 0.3) is 0 Å². The number of hydrogen-bond donors (Lipinski definition) is 0. The fourth-order valence-corrected chi connectivity index (χ4v) is 2.37. The summed E-state index contributed by atoms with van der Waals surface area (Å²) in [6.07, 6.45) is 1.19. The van der Waals surface area contributed by atoms with Crippen molar-refractivity contribution in [3.63, 3.8) is 0 Å². The Bertz CT molecular complexity index is 803. The average molecular weight is 351 g/mol. The number of pyridine rings is 1. The summed E-state index contributed by atoms with van der Waals surface area (Å²) in [6, 6.07) is 7.68. The highest BCUT2D eigenvalue weighted by Gasteiger charge is 2.35. The molecule has 116 valence electrons.